The average molecular weight is 298 g/mol. The van der Waals surface area contributed by atoms with Crippen LogP contribution in [0.3, 0.4) is 0 Å². The molecule has 0 amide bonds. The quantitative estimate of drug-likeness (QED) is 0.688. The maximum Gasteiger partial charge on any atom is 0.190 e. The number of aryl methyl sites for hydroxylation is 1. The van der Waals surface area contributed by atoms with Crippen LogP contribution < -0.4 is 5.73 Å². The highest BCUT2D eigenvalue weighted by atomic mass is 32.2. The van der Waals surface area contributed by atoms with Gasteiger partial charge in [-0.1, -0.05) is 55.4 Å². The van der Waals surface area contributed by atoms with Crippen LogP contribution in [-0.2, 0) is 5.75 Å². The third-order valence-corrected chi connectivity index (χ3v) is 3.97. The van der Waals surface area contributed by atoms with Gasteiger partial charge in [-0.2, -0.15) is 5.26 Å². The molecule has 108 valence electrons. The van der Waals surface area contributed by atoms with Crippen molar-refractivity contribution >= 4 is 17.6 Å². The third-order valence-electron chi connectivity index (χ3n) is 3.05. The van der Waals surface area contributed by atoms with Gasteiger partial charge in [0, 0.05) is 5.75 Å². The first-order valence-corrected chi connectivity index (χ1v) is 7.75. The number of thioether (sulfide) groups is 1. The van der Waals surface area contributed by atoms with Crippen molar-refractivity contribution in [2.24, 2.45) is 0 Å². The Morgan fingerprint density at radius 3 is 2.71 bits per heavy atom. The second-order valence-electron chi connectivity index (χ2n) is 5.20. The van der Waals surface area contributed by atoms with E-state index in [1.165, 1.54) is 22.9 Å². The van der Waals surface area contributed by atoms with Crippen molar-refractivity contribution in [3.63, 3.8) is 0 Å². The van der Waals surface area contributed by atoms with Crippen LogP contribution in [0.25, 0.3) is 0 Å². The fraction of sp³-hybridized carbons (Fsp3) is 0.312. The third kappa shape index (κ3) is 3.73. The molecule has 0 aliphatic carbocycles. The number of hydrogen-bond acceptors (Lipinski definition) is 5. The molecular weight excluding hydrogens is 280 g/mol. The molecule has 0 bridgehead atoms. The molecule has 21 heavy (non-hydrogen) atoms. The molecule has 1 aromatic carbocycles. The zero-order chi connectivity index (χ0) is 15.4. The summed E-state index contributed by atoms with van der Waals surface area (Å²) in [6.45, 7) is 6.07. The van der Waals surface area contributed by atoms with E-state index in [-0.39, 0.29) is 11.7 Å². The summed E-state index contributed by atoms with van der Waals surface area (Å²) in [6, 6.07) is 10.4. The van der Waals surface area contributed by atoms with Gasteiger partial charge in [-0.15, -0.1) is 0 Å². The Bertz CT molecular complexity index is 689. The van der Waals surface area contributed by atoms with Gasteiger partial charge in [0.1, 0.15) is 17.5 Å². The van der Waals surface area contributed by atoms with Gasteiger partial charge in [0.05, 0.1) is 5.69 Å². The van der Waals surface area contributed by atoms with E-state index in [1.807, 2.05) is 19.9 Å². The molecule has 0 saturated carbocycles. The minimum absolute atomic E-state index is 0.142. The van der Waals surface area contributed by atoms with Gasteiger partial charge in [-0.05, 0) is 18.4 Å². The first kappa shape index (κ1) is 15.3. The van der Waals surface area contributed by atoms with E-state index >= 15 is 0 Å². The zero-order valence-electron chi connectivity index (χ0n) is 12.4. The predicted molar refractivity (Wildman–Crippen MR) is 86.0 cm³/mol. The monoisotopic (exact) mass is 298 g/mol. The Labute approximate surface area is 129 Å². The van der Waals surface area contributed by atoms with E-state index in [1.54, 1.807) is 0 Å². The second kappa shape index (κ2) is 6.59. The number of nitrogens with two attached hydrogens (primary N) is 1. The molecule has 2 rings (SSSR count). The van der Waals surface area contributed by atoms with Gasteiger partial charge < -0.3 is 5.73 Å². The molecular formula is C16H18N4S. The van der Waals surface area contributed by atoms with E-state index in [0.717, 1.165) is 11.4 Å². The molecule has 5 heteroatoms. The van der Waals surface area contributed by atoms with Crippen LogP contribution in [0.2, 0.25) is 0 Å². The van der Waals surface area contributed by atoms with Gasteiger partial charge in [0.25, 0.3) is 0 Å². The number of nitrogen functional groups attached to an aromatic ring is 1. The van der Waals surface area contributed by atoms with Crippen LogP contribution >= 0.6 is 11.8 Å². The molecule has 0 aliphatic heterocycles. The summed E-state index contributed by atoms with van der Waals surface area (Å²) < 4.78 is 0. The summed E-state index contributed by atoms with van der Waals surface area (Å²) in [6.07, 6.45) is 0. The standard InChI is InChI=1S/C16H18N4S/c1-10(2)14-13(8-17)15(18)20-16(19-14)21-9-12-6-4-5-11(3)7-12/h4-7,10H,9H2,1-3H3,(H2,18,19,20). The molecule has 0 spiro atoms. The van der Waals surface area contributed by atoms with Crippen molar-refractivity contribution in [3.8, 4) is 6.07 Å². The lowest BCUT2D eigenvalue weighted by Gasteiger charge is -2.10. The Morgan fingerprint density at radius 1 is 1.33 bits per heavy atom. The van der Waals surface area contributed by atoms with Gasteiger partial charge in [0.2, 0.25) is 0 Å². The van der Waals surface area contributed by atoms with Crippen LogP contribution in [0.4, 0.5) is 5.82 Å². The molecule has 1 aromatic heterocycles. The number of aromatic nitrogens is 2. The molecule has 0 atom stereocenters. The predicted octanol–water partition coefficient (Wildman–Crippen LogP) is 3.65. The van der Waals surface area contributed by atoms with Crippen molar-refractivity contribution in [2.45, 2.75) is 37.6 Å². The fourth-order valence-electron chi connectivity index (χ4n) is 2.02. The number of benzene rings is 1. The topological polar surface area (TPSA) is 75.6 Å². The molecule has 2 N–H and O–H groups in total. The minimum Gasteiger partial charge on any atom is -0.382 e. The van der Waals surface area contributed by atoms with Crippen LogP contribution in [0.5, 0.6) is 0 Å². The summed E-state index contributed by atoms with van der Waals surface area (Å²) in [5.74, 6) is 1.19. The van der Waals surface area contributed by atoms with Crippen molar-refractivity contribution < 1.29 is 0 Å². The molecule has 0 radical (unpaired) electrons. The molecule has 2 aromatic rings. The van der Waals surface area contributed by atoms with E-state index in [9.17, 15) is 0 Å². The maximum absolute atomic E-state index is 9.16. The van der Waals surface area contributed by atoms with E-state index < -0.39 is 0 Å². The lowest BCUT2D eigenvalue weighted by molar-refractivity contribution is 0.776. The first-order chi connectivity index (χ1) is 10.0. The molecule has 0 saturated heterocycles. The highest BCUT2D eigenvalue weighted by molar-refractivity contribution is 7.98. The van der Waals surface area contributed by atoms with E-state index in [4.69, 9.17) is 11.0 Å². The van der Waals surface area contributed by atoms with Crippen LogP contribution in [0, 0.1) is 18.3 Å². The van der Waals surface area contributed by atoms with E-state index in [0.29, 0.717) is 10.7 Å². The van der Waals surface area contributed by atoms with E-state index in [2.05, 4.69) is 41.2 Å². The average Bonchev–Trinajstić information content (AvgIpc) is 2.44. The SMILES string of the molecule is Cc1cccc(CSc2nc(N)c(C#N)c(C(C)C)n2)c1. The smallest absolute Gasteiger partial charge is 0.190 e. The minimum atomic E-state index is 0.142. The number of hydrogen-bond donors (Lipinski definition) is 1. The Hall–Kier alpha value is -2.06. The maximum atomic E-state index is 9.16. The highest BCUT2D eigenvalue weighted by Gasteiger charge is 2.15. The number of nitriles is 1. The van der Waals surface area contributed by atoms with Crippen molar-refractivity contribution in [2.75, 3.05) is 5.73 Å². The molecule has 0 unspecified atom stereocenters. The largest absolute Gasteiger partial charge is 0.382 e. The summed E-state index contributed by atoms with van der Waals surface area (Å²) in [4.78, 5) is 8.72. The Balaban J connectivity index is 2.23. The second-order valence-corrected chi connectivity index (χ2v) is 6.14. The number of anilines is 1. The summed E-state index contributed by atoms with van der Waals surface area (Å²) in [5, 5.41) is 9.78. The molecule has 0 fully saturated rings. The molecule has 0 aliphatic rings. The first-order valence-electron chi connectivity index (χ1n) is 6.77. The summed E-state index contributed by atoms with van der Waals surface area (Å²) >= 11 is 1.54. The Kier molecular flexibility index (Phi) is 4.81. The Morgan fingerprint density at radius 2 is 2.10 bits per heavy atom. The van der Waals surface area contributed by atoms with Gasteiger partial charge in [0.15, 0.2) is 5.16 Å². The van der Waals surface area contributed by atoms with Crippen molar-refractivity contribution in [3.05, 3.63) is 46.6 Å². The molecule has 4 nitrogen and oxygen atoms in total. The van der Waals surface area contributed by atoms with Crippen molar-refractivity contribution in [1.82, 2.24) is 9.97 Å². The zero-order valence-corrected chi connectivity index (χ0v) is 13.2. The number of nitrogens with zero attached hydrogens (tertiary/aromatic N) is 3. The summed E-state index contributed by atoms with van der Waals surface area (Å²) in [7, 11) is 0. The highest BCUT2D eigenvalue weighted by Crippen LogP contribution is 2.26. The summed E-state index contributed by atoms with van der Waals surface area (Å²) in [5.41, 5.74) is 9.44. The van der Waals surface area contributed by atoms with Crippen molar-refractivity contribution in [1.29, 1.82) is 5.26 Å². The lowest BCUT2D eigenvalue weighted by Crippen LogP contribution is -2.06. The lowest BCUT2D eigenvalue weighted by atomic mass is 10.1. The number of rotatable bonds is 4. The van der Waals surface area contributed by atoms with Crippen LogP contribution in [-0.4, -0.2) is 9.97 Å². The van der Waals surface area contributed by atoms with Gasteiger partial charge >= 0.3 is 0 Å². The van der Waals surface area contributed by atoms with Gasteiger partial charge in [-0.3, -0.25) is 0 Å². The fourth-order valence-corrected chi connectivity index (χ4v) is 2.82. The van der Waals surface area contributed by atoms with Gasteiger partial charge in [-0.25, -0.2) is 9.97 Å². The van der Waals surface area contributed by atoms with Crippen LogP contribution in [0.15, 0.2) is 29.4 Å². The normalized spacial score (nSPS) is 10.6. The van der Waals surface area contributed by atoms with Crippen LogP contribution in [0.1, 0.15) is 42.1 Å². The molecule has 1 heterocycles.